The molecule has 1 aromatic carbocycles. The van der Waals surface area contributed by atoms with E-state index in [0.29, 0.717) is 5.02 Å². The Kier molecular flexibility index (Phi) is 3.19. The van der Waals surface area contributed by atoms with Gasteiger partial charge in [0, 0.05) is 18.0 Å². The average molecular weight is 278 g/mol. The van der Waals surface area contributed by atoms with E-state index in [1.165, 1.54) is 0 Å². The molecule has 1 aliphatic rings. The average Bonchev–Trinajstić information content (AvgIpc) is 2.77. The molecule has 2 aromatic rings. The molecular formula is C14H16ClN3O. The molecule has 0 fully saturated rings. The molecule has 1 atom stereocenters. The summed E-state index contributed by atoms with van der Waals surface area (Å²) in [5.74, 6) is 0.914. The van der Waals surface area contributed by atoms with Gasteiger partial charge in [0.1, 0.15) is 5.82 Å². The molecule has 0 saturated carbocycles. The number of aryl methyl sites for hydroxylation is 1. The van der Waals surface area contributed by atoms with Crippen molar-refractivity contribution in [1.82, 2.24) is 14.3 Å². The van der Waals surface area contributed by atoms with Crippen molar-refractivity contribution in [3.05, 3.63) is 51.2 Å². The second kappa shape index (κ2) is 4.85. The maximum absolute atomic E-state index is 12.3. The van der Waals surface area contributed by atoms with Crippen molar-refractivity contribution in [2.75, 3.05) is 0 Å². The van der Waals surface area contributed by atoms with E-state index in [9.17, 15) is 4.79 Å². The van der Waals surface area contributed by atoms with Crippen LogP contribution in [0.5, 0.6) is 0 Å². The molecule has 1 aromatic heterocycles. The molecule has 4 nitrogen and oxygen atoms in total. The molecule has 0 bridgehead atoms. The highest BCUT2D eigenvalue weighted by Crippen LogP contribution is 2.19. The van der Waals surface area contributed by atoms with Gasteiger partial charge in [-0.1, -0.05) is 23.7 Å². The molecule has 0 radical (unpaired) electrons. The van der Waals surface area contributed by atoms with E-state index in [0.717, 1.165) is 37.2 Å². The fourth-order valence-electron chi connectivity index (χ4n) is 2.55. The number of aromatic nitrogens is 3. The van der Waals surface area contributed by atoms with E-state index in [-0.39, 0.29) is 11.7 Å². The zero-order valence-corrected chi connectivity index (χ0v) is 11.6. The summed E-state index contributed by atoms with van der Waals surface area (Å²) in [6.45, 7) is 2.78. The molecule has 3 rings (SSSR count). The second-order valence-electron chi connectivity index (χ2n) is 4.98. The minimum atomic E-state index is -0.0668. The van der Waals surface area contributed by atoms with Gasteiger partial charge in [-0.05, 0) is 37.5 Å². The highest BCUT2D eigenvalue weighted by atomic mass is 35.5. The Hall–Kier alpha value is -1.55. The van der Waals surface area contributed by atoms with E-state index in [1.54, 1.807) is 9.25 Å². The molecule has 0 saturated heterocycles. The van der Waals surface area contributed by atoms with Gasteiger partial charge >= 0.3 is 5.69 Å². The topological polar surface area (TPSA) is 39.8 Å². The number of halogens is 1. The minimum Gasteiger partial charge on any atom is -0.279 e. The van der Waals surface area contributed by atoms with Crippen LogP contribution in [0.25, 0.3) is 0 Å². The van der Waals surface area contributed by atoms with Crippen molar-refractivity contribution in [1.29, 1.82) is 0 Å². The number of hydrogen-bond acceptors (Lipinski definition) is 2. The third-order valence-corrected chi connectivity index (χ3v) is 3.96. The van der Waals surface area contributed by atoms with Gasteiger partial charge < -0.3 is 0 Å². The normalized spacial score (nSPS) is 16.1. The molecule has 1 aliphatic heterocycles. The van der Waals surface area contributed by atoms with Crippen molar-refractivity contribution in [3.8, 4) is 0 Å². The third kappa shape index (κ3) is 2.21. The molecule has 19 heavy (non-hydrogen) atoms. The monoisotopic (exact) mass is 277 g/mol. The van der Waals surface area contributed by atoms with Crippen molar-refractivity contribution < 1.29 is 0 Å². The molecule has 2 heterocycles. The number of hydrogen-bond donors (Lipinski definition) is 0. The smallest absolute Gasteiger partial charge is 0.279 e. The number of rotatable bonds is 2. The van der Waals surface area contributed by atoms with Crippen molar-refractivity contribution >= 4 is 11.6 Å². The number of fused-ring (bicyclic) bond motifs is 1. The maximum Gasteiger partial charge on any atom is 0.346 e. The summed E-state index contributed by atoms with van der Waals surface area (Å²) in [4.78, 5) is 12.3. The zero-order valence-electron chi connectivity index (χ0n) is 10.8. The summed E-state index contributed by atoms with van der Waals surface area (Å²) < 4.78 is 3.39. The van der Waals surface area contributed by atoms with Crippen LogP contribution in [-0.2, 0) is 13.0 Å². The summed E-state index contributed by atoms with van der Waals surface area (Å²) in [5.41, 5.74) is 1.04. The highest BCUT2D eigenvalue weighted by molar-refractivity contribution is 6.30. The third-order valence-electron chi connectivity index (χ3n) is 3.71. The maximum atomic E-state index is 12.3. The standard InChI is InChI=1S/C14H16ClN3O/c1-10(11-5-7-12(15)8-6-11)18-14(19)17-9-3-2-4-13(17)16-18/h5-8,10H,2-4,9H2,1H3/t10-/m1/s1. The van der Waals surface area contributed by atoms with Crippen LogP contribution in [-0.4, -0.2) is 14.3 Å². The van der Waals surface area contributed by atoms with Gasteiger partial charge in [0.2, 0.25) is 0 Å². The van der Waals surface area contributed by atoms with Gasteiger partial charge in [-0.15, -0.1) is 0 Å². The van der Waals surface area contributed by atoms with Crippen LogP contribution in [0.4, 0.5) is 0 Å². The van der Waals surface area contributed by atoms with Gasteiger partial charge in [0.05, 0.1) is 6.04 Å². The van der Waals surface area contributed by atoms with Crippen LogP contribution in [0, 0.1) is 0 Å². The summed E-state index contributed by atoms with van der Waals surface area (Å²) in [7, 11) is 0. The Balaban J connectivity index is 2.00. The summed E-state index contributed by atoms with van der Waals surface area (Å²) in [6.07, 6.45) is 3.08. The van der Waals surface area contributed by atoms with E-state index in [1.807, 2.05) is 31.2 Å². The van der Waals surface area contributed by atoms with Crippen LogP contribution in [0.1, 0.15) is 37.2 Å². The van der Waals surface area contributed by atoms with Crippen molar-refractivity contribution in [2.24, 2.45) is 0 Å². The molecule has 0 N–H and O–H groups in total. The summed E-state index contributed by atoms with van der Waals surface area (Å²) in [6, 6.07) is 7.50. The van der Waals surface area contributed by atoms with Crippen molar-refractivity contribution in [2.45, 2.75) is 38.8 Å². The lowest BCUT2D eigenvalue weighted by Crippen LogP contribution is -2.29. The lowest BCUT2D eigenvalue weighted by Gasteiger charge is -2.11. The van der Waals surface area contributed by atoms with E-state index >= 15 is 0 Å². The first-order valence-electron chi connectivity index (χ1n) is 6.60. The van der Waals surface area contributed by atoms with Crippen LogP contribution in [0.3, 0.4) is 0 Å². The zero-order chi connectivity index (χ0) is 13.4. The highest BCUT2D eigenvalue weighted by Gasteiger charge is 2.20. The first-order valence-corrected chi connectivity index (χ1v) is 6.98. The molecule has 0 aliphatic carbocycles. The first-order chi connectivity index (χ1) is 9.16. The molecule has 0 unspecified atom stereocenters. The molecular weight excluding hydrogens is 262 g/mol. The van der Waals surface area contributed by atoms with E-state index < -0.39 is 0 Å². The first kappa shape index (κ1) is 12.5. The van der Waals surface area contributed by atoms with Crippen LogP contribution in [0.2, 0.25) is 5.02 Å². The van der Waals surface area contributed by atoms with E-state index in [4.69, 9.17) is 11.6 Å². The Labute approximate surface area is 116 Å². The molecule has 5 heteroatoms. The quantitative estimate of drug-likeness (QED) is 0.847. The Bertz CT molecular complexity index is 642. The fourth-order valence-corrected chi connectivity index (χ4v) is 2.68. The predicted molar refractivity (Wildman–Crippen MR) is 74.7 cm³/mol. The lowest BCUT2D eigenvalue weighted by molar-refractivity contribution is 0.507. The van der Waals surface area contributed by atoms with Crippen LogP contribution in [0.15, 0.2) is 29.1 Å². The molecule has 100 valence electrons. The van der Waals surface area contributed by atoms with Gasteiger partial charge in [-0.25, -0.2) is 9.48 Å². The predicted octanol–water partition coefficient (Wildman–Crippen LogP) is 2.64. The van der Waals surface area contributed by atoms with Gasteiger partial charge in [-0.3, -0.25) is 4.57 Å². The largest absolute Gasteiger partial charge is 0.346 e. The molecule has 0 spiro atoms. The second-order valence-corrected chi connectivity index (χ2v) is 5.42. The van der Waals surface area contributed by atoms with Crippen molar-refractivity contribution in [3.63, 3.8) is 0 Å². The number of nitrogens with zero attached hydrogens (tertiary/aromatic N) is 3. The Morgan fingerprint density at radius 2 is 2.00 bits per heavy atom. The Morgan fingerprint density at radius 1 is 1.26 bits per heavy atom. The molecule has 0 amide bonds. The summed E-state index contributed by atoms with van der Waals surface area (Å²) >= 11 is 5.89. The van der Waals surface area contributed by atoms with Gasteiger partial charge in [0.15, 0.2) is 0 Å². The Morgan fingerprint density at radius 3 is 2.68 bits per heavy atom. The summed E-state index contributed by atoms with van der Waals surface area (Å²) in [5, 5.41) is 5.18. The number of benzene rings is 1. The SMILES string of the molecule is C[C@H](c1ccc(Cl)cc1)n1nc2n(c1=O)CCCC2. The van der Waals surface area contributed by atoms with Crippen LogP contribution < -0.4 is 5.69 Å². The van der Waals surface area contributed by atoms with Gasteiger partial charge in [-0.2, -0.15) is 5.10 Å². The van der Waals surface area contributed by atoms with E-state index in [2.05, 4.69) is 5.10 Å². The van der Waals surface area contributed by atoms with Crippen LogP contribution >= 0.6 is 11.6 Å². The fraction of sp³-hybridized carbons (Fsp3) is 0.429. The minimum absolute atomic E-state index is 0.00264. The van der Waals surface area contributed by atoms with Gasteiger partial charge in [0.25, 0.3) is 0 Å². The lowest BCUT2D eigenvalue weighted by atomic mass is 10.1.